The van der Waals surface area contributed by atoms with E-state index >= 15 is 0 Å². The second-order valence-electron chi connectivity index (χ2n) is 6.04. The highest BCUT2D eigenvalue weighted by molar-refractivity contribution is 5.89. The number of nitrogens with zero attached hydrogens (tertiary/aromatic N) is 3. The number of hydrogen-bond acceptors (Lipinski definition) is 9. The first-order valence-electron chi connectivity index (χ1n) is 8.85. The van der Waals surface area contributed by atoms with Gasteiger partial charge in [-0.05, 0) is 36.4 Å². The second-order valence-corrected chi connectivity index (χ2v) is 6.04. The van der Waals surface area contributed by atoms with Crippen LogP contribution in [0, 0.1) is 0 Å². The van der Waals surface area contributed by atoms with Crippen LogP contribution in [0.5, 0.6) is 0 Å². The molecule has 1 heterocycles. The van der Waals surface area contributed by atoms with Crippen molar-refractivity contribution in [3.05, 3.63) is 59.7 Å². The van der Waals surface area contributed by atoms with Crippen LogP contribution in [0.2, 0.25) is 0 Å². The monoisotopic (exact) mass is 409 g/mol. The Hall–Kier alpha value is -4.25. The summed E-state index contributed by atoms with van der Waals surface area (Å²) < 4.78 is 0. The highest BCUT2D eigenvalue weighted by Crippen LogP contribution is 2.20. The number of carbonyl (C=O) groups is 2. The van der Waals surface area contributed by atoms with Crippen molar-refractivity contribution < 1.29 is 19.8 Å². The summed E-state index contributed by atoms with van der Waals surface area (Å²) in [6.45, 7) is 0.782. The van der Waals surface area contributed by atoms with Gasteiger partial charge in [-0.25, -0.2) is 9.59 Å². The molecule has 30 heavy (non-hydrogen) atoms. The Kier molecular flexibility index (Phi) is 6.35. The number of rotatable bonds is 9. The van der Waals surface area contributed by atoms with Gasteiger partial charge >= 0.3 is 11.9 Å². The first kappa shape index (κ1) is 20.5. The van der Waals surface area contributed by atoms with Crippen LogP contribution in [-0.4, -0.2) is 50.2 Å². The lowest BCUT2D eigenvalue weighted by molar-refractivity contribution is 0.0686. The lowest BCUT2D eigenvalue weighted by Crippen LogP contribution is -2.16. The van der Waals surface area contributed by atoms with Gasteiger partial charge in [-0.3, -0.25) is 0 Å². The van der Waals surface area contributed by atoms with Crippen LogP contribution in [0.25, 0.3) is 0 Å². The predicted octanol–water partition coefficient (Wildman–Crippen LogP) is 2.13. The Balaban J connectivity index is 1.90. The lowest BCUT2D eigenvalue weighted by atomic mass is 10.2. The van der Waals surface area contributed by atoms with Crippen molar-refractivity contribution >= 4 is 41.2 Å². The highest BCUT2D eigenvalue weighted by atomic mass is 16.4. The van der Waals surface area contributed by atoms with E-state index in [2.05, 4.69) is 30.9 Å². The van der Waals surface area contributed by atoms with Crippen molar-refractivity contribution in [1.82, 2.24) is 15.0 Å². The van der Waals surface area contributed by atoms with Crippen LogP contribution < -0.4 is 21.7 Å². The summed E-state index contributed by atoms with van der Waals surface area (Å²) in [4.78, 5) is 35.1. The third kappa shape index (κ3) is 5.39. The van der Waals surface area contributed by atoms with Gasteiger partial charge in [0.1, 0.15) is 0 Å². The van der Waals surface area contributed by atoms with Crippen molar-refractivity contribution in [2.75, 3.05) is 29.0 Å². The van der Waals surface area contributed by atoms with Gasteiger partial charge in [-0.1, -0.05) is 12.1 Å². The molecule has 0 bridgehead atoms. The van der Waals surface area contributed by atoms with E-state index in [-0.39, 0.29) is 29.0 Å². The van der Waals surface area contributed by atoms with Crippen LogP contribution >= 0.6 is 0 Å². The zero-order valence-corrected chi connectivity index (χ0v) is 15.7. The molecule has 0 radical (unpaired) electrons. The molecule has 7 N–H and O–H groups in total. The SMILES string of the molecule is NCCNc1nc(Nc2cccc(C(=O)O)c2)nc(Nc2cccc(C(=O)O)c2)n1. The van der Waals surface area contributed by atoms with E-state index in [1.165, 1.54) is 24.3 Å². The summed E-state index contributed by atoms with van der Waals surface area (Å²) in [7, 11) is 0. The van der Waals surface area contributed by atoms with Crippen LogP contribution in [0.4, 0.5) is 29.2 Å². The maximum absolute atomic E-state index is 11.2. The average Bonchev–Trinajstić information content (AvgIpc) is 2.72. The molecule has 154 valence electrons. The molecule has 2 aromatic carbocycles. The molecule has 0 aliphatic carbocycles. The van der Waals surface area contributed by atoms with Crippen LogP contribution in [0.15, 0.2) is 48.5 Å². The lowest BCUT2D eigenvalue weighted by Gasteiger charge is -2.11. The van der Waals surface area contributed by atoms with Gasteiger partial charge in [-0.15, -0.1) is 0 Å². The molecule has 0 saturated carbocycles. The largest absolute Gasteiger partial charge is 0.478 e. The first-order chi connectivity index (χ1) is 14.4. The molecule has 1 aromatic heterocycles. The van der Waals surface area contributed by atoms with Crippen molar-refractivity contribution in [3.63, 3.8) is 0 Å². The fraction of sp³-hybridized carbons (Fsp3) is 0.105. The number of carboxylic acid groups (broad SMARTS) is 2. The molecule has 11 nitrogen and oxygen atoms in total. The number of anilines is 5. The fourth-order valence-corrected chi connectivity index (χ4v) is 2.47. The van der Waals surface area contributed by atoms with E-state index in [4.69, 9.17) is 15.9 Å². The van der Waals surface area contributed by atoms with E-state index in [0.717, 1.165) is 0 Å². The Bertz CT molecular complexity index is 997. The van der Waals surface area contributed by atoms with Gasteiger partial charge in [0, 0.05) is 24.5 Å². The molecule has 3 rings (SSSR count). The molecular weight excluding hydrogens is 390 g/mol. The average molecular weight is 409 g/mol. The standard InChI is InChI=1S/C19H19N7O4/c20-7-8-21-17-24-18(22-13-5-1-3-11(9-13)15(27)28)26-19(25-17)23-14-6-2-4-12(10-14)16(29)30/h1-6,9-10H,7-8,20H2,(H,27,28)(H,29,30)(H3,21,22,23,24,25,26). The Labute approximate surface area is 171 Å². The number of carboxylic acids is 2. The van der Waals surface area contributed by atoms with Crippen LogP contribution in [0.1, 0.15) is 20.7 Å². The Morgan fingerprint density at radius 2 is 1.27 bits per heavy atom. The van der Waals surface area contributed by atoms with Crippen molar-refractivity contribution in [1.29, 1.82) is 0 Å². The van der Waals surface area contributed by atoms with E-state index in [1.54, 1.807) is 24.3 Å². The van der Waals surface area contributed by atoms with Gasteiger partial charge in [0.2, 0.25) is 17.8 Å². The fourth-order valence-electron chi connectivity index (χ4n) is 2.47. The molecule has 3 aromatic rings. The van der Waals surface area contributed by atoms with Crippen molar-refractivity contribution in [2.24, 2.45) is 5.73 Å². The normalized spacial score (nSPS) is 10.3. The summed E-state index contributed by atoms with van der Waals surface area (Å²) >= 11 is 0. The van der Waals surface area contributed by atoms with Crippen LogP contribution in [0.3, 0.4) is 0 Å². The molecule has 0 atom stereocenters. The topological polar surface area (TPSA) is 175 Å². The summed E-state index contributed by atoms with van der Waals surface area (Å²) in [5.41, 5.74) is 6.69. The minimum absolute atomic E-state index is 0.111. The maximum Gasteiger partial charge on any atom is 0.335 e. The number of aromatic nitrogens is 3. The van der Waals surface area contributed by atoms with E-state index in [1.807, 2.05) is 0 Å². The molecule has 0 amide bonds. The van der Waals surface area contributed by atoms with Crippen LogP contribution in [-0.2, 0) is 0 Å². The number of nitrogens with one attached hydrogen (secondary N) is 3. The van der Waals surface area contributed by atoms with Gasteiger partial charge in [-0.2, -0.15) is 15.0 Å². The highest BCUT2D eigenvalue weighted by Gasteiger charge is 2.10. The second kappa shape index (κ2) is 9.30. The van der Waals surface area contributed by atoms with Gasteiger partial charge < -0.3 is 31.9 Å². The predicted molar refractivity (Wildman–Crippen MR) is 111 cm³/mol. The molecule has 0 spiro atoms. The number of aromatic carboxylic acids is 2. The number of benzene rings is 2. The molecule has 0 fully saturated rings. The zero-order chi connectivity index (χ0) is 21.5. The summed E-state index contributed by atoms with van der Waals surface area (Å²) in [6, 6.07) is 12.4. The molecule has 0 aliphatic heterocycles. The summed E-state index contributed by atoms with van der Waals surface area (Å²) in [5.74, 6) is -1.56. The minimum atomic E-state index is -1.06. The number of hydrogen-bond donors (Lipinski definition) is 6. The minimum Gasteiger partial charge on any atom is -0.478 e. The quantitative estimate of drug-likeness (QED) is 0.305. The smallest absolute Gasteiger partial charge is 0.335 e. The summed E-state index contributed by atoms with van der Waals surface area (Å²) in [6.07, 6.45) is 0. The maximum atomic E-state index is 11.2. The Morgan fingerprint density at radius 3 is 1.70 bits per heavy atom. The van der Waals surface area contributed by atoms with E-state index < -0.39 is 11.9 Å². The molecule has 11 heteroatoms. The third-order valence-electron chi connectivity index (χ3n) is 3.79. The first-order valence-corrected chi connectivity index (χ1v) is 8.85. The van der Waals surface area contributed by atoms with Gasteiger partial charge in [0.05, 0.1) is 11.1 Å². The molecule has 0 aliphatic rings. The van der Waals surface area contributed by atoms with Crippen molar-refractivity contribution in [2.45, 2.75) is 0 Å². The van der Waals surface area contributed by atoms with Crippen molar-refractivity contribution in [3.8, 4) is 0 Å². The van der Waals surface area contributed by atoms with Gasteiger partial charge in [0.25, 0.3) is 0 Å². The third-order valence-corrected chi connectivity index (χ3v) is 3.79. The van der Waals surface area contributed by atoms with Gasteiger partial charge in [0.15, 0.2) is 0 Å². The molecular formula is C19H19N7O4. The molecule has 0 saturated heterocycles. The van der Waals surface area contributed by atoms with E-state index in [0.29, 0.717) is 24.5 Å². The Morgan fingerprint density at radius 1 is 0.800 bits per heavy atom. The number of nitrogens with two attached hydrogens (primary N) is 1. The molecule has 0 unspecified atom stereocenters. The summed E-state index contributed by atoms with van der Waals surface area (Å²) in [5, 5.41) is 27.1. The van der Waals surface area contributed by atoms with E-state index in [9.17, 15) is 9.59 Å². The zero-order valence-electron chi connectivity index (χ0n) is 15.7.